The minimum absolute atomic E-state index is 0.0636. The van der Waals surface area contributed by atoms with Gasteiger partial charge in [-0.1, -0.05) is 43.7 Å². The van der Waals surface area contributed by atoms with Crippen LogP contribution in [0.4, 0.5) is 0 Å². The largest absolute Gasteiger partial charge is 0.349 e. The third-order valence-corrected chi connectivity index (χ3v) is 4.29. The lowest BCUT2D eigenvalue weighted by Crippen LogP contribution is -2.34. The fraction of sp³-hybridized carbons (Fsp3) is 0.611. The third-order valence-electron chi connectivity index (χ3n) is 4.29. The first kappa shape index (κ1) is 16.0. The first-order valence-electron chi connectivity index (χ1n) is 8.19. The summed E-state index contributed by atoms with van der Waals surface area (Å²) in [5.74, 6) is 0.863. The van der Waals surface area contributed by atoms with Gasteiger partial charge in [0.15, 0.2) is 0 Å². The van der Waals surface area contributed by atoms with E-state index in [1.54, 1.807) is 0 Å². The molecule has 3 atom stereocenters. The molecule has 0 heterocycles. The summed E-state index contributed by atoms with van der Waals surface area (Å²) in [4.78, 5) is 12.4. The Morgan fingerprint density at radius 1 is 1.24 bits per heavy atom. The van der Waals surface area contributed by atoms with E-state index >= 15 is 0 Å². The maximum absolute atomic E-state index is 12.4. The average molecular weight is 288 g/mol. The van der Waals surface area contributed by atoms with E-state index in [4.69, 9.17) is 5.73 Å². The molecule has 2 rings (SSSR count). The van der Waals surface area contributed by atoms with Gasteiger partial charge in [0.25, 0.3) is 0 Å². The molecule has 1 aliphatic carbocycles. The number of rotatable bonds is 8. The Balaban J connectivity index is 1.87. The predicted molar refractivity (Wildman–Crippen MR) is 86.7 cm³/mol. The van der Waals surface area contributed by atoms with Crippen molar-refractivity contribution in [2.75, 3.05) is 0 Å². The molecular formula is C18H28N2O. The van der Waals surface area contributed by atoms with Gasteiger partial charge in [0.1, 0.15) is 0 Å². The molecule has 0 bridgehead atoms. The number of hydrogen-bond donors (Lipinski definition) is 2. The van der Waals surface area contributed by atoms with E-state index in [0.717, 1.165) is 19.3 Å². The van der Waals surface area contributed by atoms with E-state index in [0.29, 0.717) is 5.92 Å². The van der Waals surface area contributed by atoms with Crippen LogP contribution in [0.5, 0.6) is 0 Å². The highest BCUT2D eigenvalue weighted by Crippen LogP contribution is 2.41. The van der Waals surface area contributed by atoms with Crippen LogP contribution in [-0.2, 0) is 4.79 Å². The van der Waals surface area contributed by atoms with Gasteiger partial charge in [-0.15, -0.1) is 0 Å². The van der Waals surface area contributed by atoms with Crippen molar-refractivity contribution >= 4 is 5.91 Å². The zero-order valence-electron chi connectivity index (χ0n) is 13.2. The Kier molecular flexibility index (Phi) is 5.80. The Labute approximate surface area is 128 Å². The molecule has 0 aliphatic heterocycles. The molecule has 21 heavy (non-hydrogen) atoms. The minimum atomic E-state index is 0.0636. The number of nitrogens with two attached hydrogens (primary N) is 1. The van der Waals surface area contributed by atoms with Gasteiger partial charge in [0, 0.05) is 12.0 Å². The van der Waals surface area contributed by atoms with Gasteiger partial charge in [-0.05, 0) is 44.1 Å². The summed E-state index contributed by atoms with van der Waals surface area (Å²) in [5, 5.41) is 3.26. The normalized spacial score (nSPS) is 18.8. The zero-order valence-corrected chi connectivity index (χ0v) is 13.2. The van der Waals surface area contributed by atoms with Crippen molar-refractivity contribution < 1.29 is 4.79 Å². The van der Waals surface area contributed by atoms with Gasteiger partial charge in [0.05, 0.1) is 6.04 Å². The summed E-state index contributed by atoms with van der Waals surface area (Å²) in [6.45, 7) is 4.04. The highest BCUT2D eigenvalue weighted by atomic mass is 16.1. The number of carbonyl (C=O) groups excluding carboxylic acids is 1. The Bertz CT molecular complexity index is 440. The molecule has 1 aliphatic rings. The Morgan fingerprint density at radius 2 is 1.90 bits per heavy atom. The minimum Gasteiger partial charge on any atom is -0.349 e. The van der Waals surface area contributed by atoms with Crippen LogP contribution in [0, 0.1) is 11.8 Å². The SMILES string of the molecule is CC(N)CCCC(C)C(=O)NC(c1ccccc1)C1CC1. The molecule has 116 valence electrons. The van der Waals surface area contributed by atoms with Crippen LogP contribution in [0.3, 0.4) is 0 Å². The number of amides is 1. The quantitative estimate of drug-likeness (QED) is 0.770. The average Bonchev–Trinajstić information content (AvgIpc) is 3.29. The molecule has 3 nitrogen and oxygen atoms in total. The number of hydrogen-bond acceptors (Lipinski definition) is 2. The van der Waals surface area contributed by atoms with Gasteiger partial charge >= 0.3 is 0 Å². The smallest absolute Gasteiger partial charge is 0.223 e. The number of benzene rings is 1. The van der Waals surface area contributed by atoms with Crippen LogP contribution < -0.4 is 11.1 Å². The number of carbonyl (C=O) groups is 1. The second-order valence-electron chi connectivity index (χ2n) is 6.54. The first-order chi connectivity index (χ1) is 10.1. The predicted octanol–water partition coefficient (Wildman–Crippen LogP) is 3.41. The maximum Gasteiger partial charge on any atom is 0.223 e. The van der Waals surface area contributed by atoms with E-state index in [-0.39, 0.29) is 23.9 Å². The van der Waals surface area contributed by atoms with Crippen molar-refractivity contribution in [3.05, 3.63) is 35.9 Å². The van der Waals surface area contributed by atoms with E-state index in [1.165, 1.54) is 18.4 Å². The molecule has 1 saturated carbocycles. The van der Waals surface area contributed by atoms with Crippen molar-refractivity contribution in [2.45, 2.75) is 58.0 Å². The Hall–Kier alpha value is -1.35. The number of nitrogens with one attached hydrogen (secondary N) is 1. The maximum atomic E-state index is 12.4. The molecule has 0 aromatic heterocycles. The van der Waals surface area contributed by atoms with Crippen molar-refractivity contribution in [3.8, 4) is 0 Å². The molecule has 3 unspecified atom stereocenters. The molecule has 0 saturated heterocycles. The van der Waals surface area contributed by atoms with E-state index in [2.05, 4.69) is 17.4 Å². The fourth-order valence-corrected chi connectivity index (χ4v) is 2.74. The molecule has 3 N–H and O–H groups in total. The van der Waals surface area contributed by atoms with Crippen LogP contribution in [0.2, 0.25) is 0 Å². The molecule has 1 aromatic rings. The second kappa shape index (κ2) is 7.60. The lowest BCUT2D eigenvalue weighted by molar-refractivity contribution is -0.125. The van der Waals surface area contributed by atoms with Crippen LogP contribution in [0.15, 0.2) is 30.3 Å². The van der Waals surface area contributed by atoms with E-state index in [9.17, 15) is 4.79 Å². The topological polar surface area (TPSA) is 55.1 Å². The zero-order chi connectivity index (χ0) is 15.2. The van der Waals surface area contributed by atoms with E-state index in [1.807, 2.05) is 32.0 Å². The molecule has 0 radical (unpaired) electrons. The monoisotopic (exact) mass is 288 g/mol. The van der Waals surface area contributed by atoms with Crippen LogP contribution in [0.1, 0.15) is 57.6 Å². The summed E-state index contributed by atoms with van der Waals surface area (Å²) in [5.41, 5.74) is 6.99. The van der Waals surface area contributed by atoms with Crippen molar-refractivity contribution in [1.82, 2.24) is 5.32 Å². The molecule has 3 heteroatoms. The summed E-state index contributed by atoms with van der Waals surface area (Å²) < 4.78 is 0. The Morgan fingerprint density at radius 3 is 2.48 bits per heavy atom. The molecular weight excluding hydrogens is 260 g/mol. The second-order valence-corrected chi connectivity index (χ2v) is 6.54. The first-order valence-corrected chi connectivity index (χ1v) is 8.19. The summed E-state index contributed by atoms with van der Waals surface area (Å²) in [6, 6.07) is 10.8. The van der Waals surface area contributed by atoms with Crippen molar-refractivity contribution in [2.24, 2.45) is 17.6 Å². The van der Waals surface area contributed by atoms with Gasteiger partial charge in [-0.25, -0.2) is 0 Å². The third kappa shape index (κ3) is 5.16. The van der Waals surface area contributed by atoms with Gasteiger partial charge < -0.3 is 11.1 Å². The summed E-state index contributed by atoms with van der Waals surface area (Å²) in [7, 11) is 0. The summed E-state index contributed by atoms with van der Waals surface area (Å²) >= 11 is 0. The van der Waals surface area contributed by atoms with Crippen molar-refractivity contribution in [3.63, 3.8) is 0 Å². The van der Waals surface area contributed by atoms with Crippen LogP contribution >= 0.6 is 0 Å². The van der Waals surface area contributed by atoms with Gasteiger partial charge in [-0.3, -0.25) is 4.79 Å². The van der Waals surface area contributed by atoms with Crippen molar-refractivity contribution in [1.29, 1.82) is 0 Å². The van der Waals surface area contributed by atoms with E-state index < -0.39 is 0 Å². The van der Waals surface area contributed by atoms with Gasteiger partial charge in [0.2, 0.25) is 5.91 Å². The standard InChI is InChI=1S/C18H28N2O/c1-13(7-6-8-14(2)19)18(21)20-17(16-11-12-16)15-9-4-3-5-10-15/h3-5,9-10,13-14,16-17H,6-8,11-12,19H2,1-2H3,(H,20,21). The molecule has 0 spiro atoms. The van der Waals surface area contributed by atoms with Crippen LogP contribution in [-0.4, -0.2) is 11.9 Å². The highest BCUT2D eigenvalue weighted by Gasteiger charge is 2.33. The molecule has 1 fully saturated rings. The lowest BCUT2D eigenvalue weighted by Gasteiger charge is -2.21. The van der Waals surface area contributed by atoms with Crippen LogP contribution in [0.25, 0.3) is 0 Å². The summed E-state index contributed by atoms with van der Waals surface area (Å²) in [6.07, 6.45) is 5.37. The molecule has 1 amide bonds. The lowest BCUT2D eigenvalue weighted by atomic mass is 9.98. The molecule has 1 aromatic carbocycles. The highest BCUT2D eigenvalue weighted by molar-refractivity contribution is 5.78. The fourth-order valence-electron chi connectivity index (χ4n) is 2.74. The van der Waals surface area contributed by atoms with Gasteiger partial charge in [-0.2, -0.15) is 0 Å².